The van der Waals surface area contributed by atoms with Crippen LogP contribution in [0.3, 0.4) is 0 Å². The number of esters is 1. The number of aromatic hydroxyl groups is 2. The highest BCUT2D eigenvalue weighted by Crippen LogP contribution is 2.57. The number of likely N-dealkylation sites (N-methyl/N-ethyl adjacent to an activating group) is 1. The lowest BCUT2D eigenvalue weighted by atomic mass is 9.57. The number of phenols is 2. The number of fused-ring (bicyclic) bond motifs is 3. The van der Waals surface area contributed by atoms with E-state index in [2.05, 4.69) is 0 Å². The molecule has 0 aromatic heterocycles. The number of ketones is 2. The maximum Gasteiger partial charge on any atom is 0.338 e. The molecule has 208 valence electrons. The number of Topliss-reactive ketones (excluding diaryl/α,β-unsaturated/α-hetero) is 2. The molecular weight excluding hydrogens is 524 g/mol. The molecule has 0 radical (unpaired) electrons. The molecule has 12 nitrogen and oxygen atoms in total. The highest BCUT2D eigenvalue weighted by atomic mass is 16.5. The van der Waals surface area contributed by atoms with Crippen LogP contribution in [0.25, 0.3) is 5.76 Å². The molecule has 40 heavy (non-hydrogen) atoms. The molecule has 12 heteroatoms. The first-order chi connectivity index (χ1) is 18.8. The summed E-state index contributed by atoms with van der Waals surface area (Å²) in [6, 6.07) is 8.66. The molecule has 5 atom stereocenters. The number of hydrogen-bond acceptors (Lipinski definition) is 11. The maximum atomic E-state index is 14.1. The van der Waals surface area contributed by atoms with Gasteiger partial charge in [0.05, 0.1) is 17.2 Å². The first-order valence-corrected chi connectivity index (χ1v) is 12.3. The molecular formula is C28H26N2O10. The normalized spacial score (nSPS) is 27.7. The van der Waals surface area contributed by atoms with Gasteiger partial charge in [0.2, 0.25) is 5.78 Å². The van der Waals surface area contributed by atoms with E-state index in [9.17, 15) is 44.7 Å². The molecule has 2 aromatic rings. The molecule has 3 aliphatic carbocycles. The quantitative estimate of drug-likeness (QED) is 0.180. The fourth-order valence-electron chi connectivity index (χ4n) is 6.14. The van der Waals surface area contributed by atoms with Crippen molar-refractivity contribution in [2.75, 3.05) is 14.1 Å². The van der Waals surface area contributed by atoms with Crippen LogP contribution >= 0.6 is 0 Å². The van der Waals surface area contributed by atoms with E-state index in [-0.39, 0.29) is 17.5 Å². The van der Waals surface area contributed by atoms with Crippen LogP contribution in [0.2, 0.25) is 0 Å². The molecule has 2 aromatic carbocycles. The number of aliphatic hydroxyl groups is 3. The molecule has 0 aliphatic heterocycles. The summed E-state index contributed by atoms with van der Waals surface area (Å²) in [5.41, 5.74) is 0.514. The van der Waals surface area contributed by atoms with Crippen molar-refractivity contribution in [3.63, 3.8) is 0 Å². The summed E-state index contributed by atoms with van der Waals surface area (Å²) in [5.74, 6) is -10.2. The van der Waals surface area contributed by atoms with E-state index < -0.39 is 92.8 Å². The second-order valence-electron chi connectivity index (χ2n) is 10.3. The lowest BCUT2D eigenvalue weighted by molar-refractivity contribution is -0.156. The summed E-state index contributed by atoms with van der Waals surface area (Å²) in [7, 11) is 2.93. The standard InChI is InChI=1S/C28H26N2O10/c1-30(2)20-13-10-12-16(24(35)28(13,39)25(36)19(22(20)34)26(29)37)21(33)17-14(31)8-9-15(32)18(17)23(12)40-27(38)11-6-4-3-5-7-11/h3-9,12-13,20,23,31-33,36,39H,10H2,1-2H3,(H2,29,37)/t12-,13-,20-,23+,28-/m1/s1. The maximum absolute atomic E-state index is 14.1. The third kappa shape index (κ3) is 3.60. The molecule has 0 spiro atoms. The van der Waals surface area contributed by atoms with E-state index in [0.717, 1.165) is 12.1 Å². The molecule has 5 rings (SSSR count). The van der Waals surface area contributed by atoms with E-state index in [1.165, 1.54) is 31.1 Å². The van der Waals surface area contributed by atoms with Gasteiger partial charge in [-0.2, -0.15) is 0 Å². The Labute approximate surface area is 227 Å². The van der Waals surface area contributed by atoms with Gasteiger partial charge in [0.1, 0.15) is 34.7 Å². The summed E-state index contributed by atoms with van der Waals surface area (Å²) in [6.45, 7) is 0. The lowest BCUT2D eigenvalue weighted by Gasteiger charge is -2.51. The van der Waals surface area contributed by atoms with E-state index in [4.69, 9.17) is 10.5 Å². The molecule has 0 bridgehead atoms. The Morgan fingerprint density at radius 2 is 1.62 bits per heavy atom. The van der Waals surface area contributed by atoms with Crippen molar-refractivity contribution < 1.29 is 49.4 Å². The van der Waals surface area contributed by atoms with E-state index >= 15 is 0 Å². The largest absolute Gasteiger partial charge is 0.508 e. The van der Waals surface area contributed by atoms with Crippen LogP contribution in [-0.2, 0) is 19.1 Å². The number of nitrogens with two attached hydrogens (primary N) is 1. The number of rotatable bonds is 4. The van der Waals surface area contributed by atoms with Crippen molar-refractivity contribution in [2.24, 2.45) is 17.6 Å². The third-order valence-electron chi connectivity index (χ3n) is 7.89. The van der Waals surface area contributed by atoms with E-state index in [0.29, 0.717) is 0 Å². The van der Waals surface area contributed by atoms with Crippen LogP contribution in [0, 0.1) is 11.8 Å². The summed E-state index contributed by atoms with van der Waals surface area (Å²) < 4.78 is 5.79. The topological polar surface area (TPSA) is 208 Å². The second kappa shape index (κ2) is 9.21. The summed E-state index contributed by atoms with van der Waals surface area (Å²) in [4.78, 5) is 54.0. The van der Waals surface area contributed by atoms with Crippen molar-refractivity contribution >= 4 is 29.2 Å². The van der Waals surface area contributed by atoms with Crippen LogP contribution in [0.5, 0.6) is 11.5 Å². The van der Waals surface area contributed by atoms with Crippen molar-refractivity contribution in [3.05, 3.63) is 76.1 Å². The Morgan fingerprint density at radius 3 is 2.23 bits per heavy atom. The number of ether oxygens (including phenoxy) is 1. The Hall–Kier alpha value is -4.68. The SMILES string of the molecule is CN(C)[C@H]1C(=O)C(C(N)=O)=C(O)[C@]2(O)C(=O)C3=C(O)c4c(O)ccc(O)c4[C@@H](OC(=O)c4ccccc4)[C@@H]3C[C@H]12. The number of amides is 1. The zero-order chi connectivity index (χ0) is 29.3. The molecule has 0 saturated heterocycles. The summed E-state index contributed by atoms with van der Waals surface area (Å²) in [5, 5.41) is 55.4. The number of aliphatic hydroxyl groups excluding tert-OH is 2. The van der Waals surface area contributed by atoms with Crippen molar-refractivity contribution in [3.8, 4) is 11.5 Å². The summed E-state index contributed by atoms with van der Waals surface area (Å²) >= 11 is 0. The minimum absolute atomic E-state index is 0.133. The van der Waals surface area contributed by atoms with Gasteiger partial charge in [-0.1, -0.05) is 18.2 Å². The molecule has 1 amide bonds. The molecule has 0 unspecified atom stereocenters. The van der Waals surface area contributed by atoms with Gasteiger partial charge in [-0.3, -0.25) is 19.3 Å². The van der Waals surface area contributed by atoms with Gasteiger partial charge in [-0.25, -0.2) is 4.79 Å². The molecule has 1 saturated carbocycles. The van der Waals surface area contributed by atoms with Crippen LogP contribution in [0.15, 0.2) is 59.4 Å². The number of phenolic OH excluding ortho intramolecular Hbond substituents is 2. The number of benzene rings is 2. The van der Waals surface area contributed by atoms with E-state index in [1.54, 1.807) is 18.2 Å². The fourth-order valence-corrected chi connectivity index (χ4v) is 6.14. The average molecular weight is 551 g/mol. The van der Waals surface area contributed by atoms with E-state index in [1.807, 2.05) is 0 Å². The number of hydrogen-bond donors (Lipinski definition) is 6. The molecule has 0 heterocycles. The van der Waals surface area contributed by atoms with Crippen molar-refractivity contribution in [1.29, 1.82) is 0 Å². The zero-order valence-corrected chi connectivity index (χ0v) is 21.4. The minimum Gasteiger partial charge on any atom is -0.508 e. The van der Waals surface area contributed by atoms with Crippen LogP contribution in [0.1, 0.15) is 34.0 Å². The molecule has 1 fully saturated rings. The predicted molar refractivity (Wildman–Crippen MR) is 137 cm³/mol. The number of carbonyl (C=O) groups excluding carboxylic acids is 4. The Kier molecular flexibility index (Phi) is 6.20. The van der Waals surface area contributed by atoms with Crippen molar-refractivity contribution in [2.45, 2.75) is 24.2 Å². The first-order valence-electron chi connectivity index (χ1n) is 12.3. The van der Waals surface area contributed by atoms with Crippen molar-refractivity contribution in [1.82, 2.24) is 4.90 Å². The van der Waals surface area contributed by atoms with Gasteiger partial charge in [0, 0.05) is 23.0 Å². The number of primary amides is 1. The monoisotopic (exact) mass is 550 g/mol. The number of carbonyl (C=O) groups is 4. The van der Waals surface area contributed by atoms with Gasteiger partial charge < -0.3 is 36.0 Å². The Balaban J connectivity index is 1.76. The van der Waals surface area contributed by atoms with Gasteiger partial charge in [0.15, 0.2) is 11.4 Å². The second-order valence-corrected chi connectivity index (χ2v) is 10.3. The fraction of sp³-hybridized carbons (Fsp3) is 0.286. The van der Waals surface area contributed by atoms with Gasteiger partial charge in [-0.05, 0) is 44.8 Å². The highest BCUT2D eigenvalue weighted by molar-refractivity contribution is 6.24. The minimum atomic E-state index is -2.87. The third-order valence-corrected chi connectivity index (χ3v) is 7.89. The van der Waals surface area contributed by atoms with Crippen LogP contribution in [-0.4, -0.2) is 79.6 Å². The molecule has 3 aliphatic rings. The van der Waals surface area contributed by atoms with Gasteiger partial charge in [-0.15, -0.1) is 0 Å². The van der Waals surface area contributed by atoms with Gasteiger partial charge in [0.25, 0.3) is 5.91 Å². The highest BCUT2D eigenvalue weighted by Gasteiger charge is 2.65. The summed E-state index contributed by atoms with van der Waals surface area (Å²) in [6.07, 6.45) is -1.82. The Morgan fingerprint density at radius 1 is 1.00 bits per heavy atom. The average Bonchev–Trinajstić information content (AvgIpc) is 2.90. The Bertz CT molecular complexity index is 1540. The van der Waals surface area contributed by atoms with Crippen LogP contribution < -0.4 is 5.73 Å². The molecule has 7 N–H and O–H groups in total. The predicted octanol–water partition coefficient (Wildman–Crippen LogP) is 1.03. The zero-order valence-electron chi connectivity index (χ0n) is 21.4. The lowest BCUT2D eigenvalue weighted by Crippen LogP contribution is -2.66. The number of nitrogens with zero attached hydrogens (tertiary/aromatic N) is 1. The first kappa shape index (κ1) is 26.9. The van der Waals surface area contributed by atoms with Gasteiger partial charge >= 0.3 is 5.97 Å². The van der Waals surface area contributed by atoms with Crippen LogP contribution in [0.4, 0.5) is 0 Å². The smallest absolute Gasteiger partial charge is 0.338 e.